The van der Waals surface area contributed by atoms with Gasteiger partial charge in [-0.25, -0.2) is 4.39 Å². The van der Waals surface area contributed by atoms with Crippen molar-refractivity contribution in [2.24, 2.45) is 0 Å². The number of halogens is 2. The Kier molecular flexibility index (Phi) is 3.96. The lowest BCUT2D eigenvalue weighted by Crippen LogP contribution is -1.98. The third-order valence-electron chi connectivity index (χ3n) is 2.41. The van der Waals surface area contributed by atoms with E-state index >= 15 is 0 Å². The van der Waals surface area contributed by atoms with E-state index in [0.717, 1.165) is 0 Å². The van der Waals surface area contributed by atoms with E-state index in [-0.39, 0.29) is 12.4 Å². The van der Waals surface area contributed by atoms with E-state index in [9.17, 15) is 4.39 Å². The summed E-state index contributed by atoms with van der Waals surface area (Å²) in [6.07, 6.45) is 0. The van der Waals surface area contributed by atoms with Gasteiger partial charge >= 0.3 is 0 Å². The normalized spacial score (nSPS) is 9.83. The molecule has 2 aromatic carbocycles. The Morgan fingerprint density at radius 3 is 2.67 bits per heavy atom. The maximum Gasteiger partial charge on any atom is 0.129 e. The monoisotopic (exact) mass is 305 g/mol. The lowest BCUT2D eigenvalue weighted by Gasteiger charge is -2.07. The van der Waals surface area contributed by atoms with Crippen molar-refractivity contribution in [1.29, 1.82) is 5.26 Å². The van der Waals surface area contributed by atoms with E-state index < -0.39 is 0 Å². The standard InChI is InChI=1S/C14H9BrFNO/c15-13-7-12(6-5-10(13)8-17)18-9-11-3-1-2-4-14(11)16/h1-7H,9H2. The number of rotatable bonds is 3. The minimum absolute atomic E-state index is 0.158. The Labute approximate surface area is 113 Å². The van der Waals surface area contributed by atoms with Crippen LogP contribution >= 0.6 is 15.9 Å². The molecule has 0 bridgehead atoms. The number of hydrogen-bond acceptors (Lipinski definition) is 2. The van der Waals surface area contributed by atoms with E-state index in [0.29, 0.717) is 21.3 Å². The van der Waals surface area contributed by atoms with Gasteiger partial charge in [0, 0.05) is 10.0 Å². The van der Waals surface area contributed by atoms with E-state index in [1.165, 1.54) is 6.07 Å². The highest BCUT2D eigenvalue weighted by atomic mass is 79.9. The van der Waals surface area contributed by atoms with Gasteiger partial charge in [0.15, 0.2) is 0 Å². The topological polar surface area (TPSA) is 33.0 Å². The van der Waals surface area contributed by atoms with Crippen LogP contribution in [0, 0.1) is 17.1 Å². The van der Waals surface area contributed by atoms with Crippen LogP contribution in [-0.4, -0.2) is 0 Å². The molecule has 2 aromatic rings. The third-order valence-corrected chi connectivity index (χ3v) is 3.07. The summed E-state index contributed by atoms with van der Waals surface area (Å²) in [6.45, 7) is 0.158. The number of hydrogen-bond donors (Lipinski definition) is 0. The number of nitriles is 1. The molecule has 90 valence electrons. The molecule has 0 aromatic heterocycles. The van der Waals surface area contributed by atoms with Crippen molar-refractivity contribution in [3.63, 3.8) is 0 Å². The zero-order valence-corrected chi connectivity index (χ0v) is 10.9. The fraction of sp³-hybridized carbons (Fsp3) is 0.0714. The Balaban J connectivity index is 2.10. The Morgan fingerprint density at radius 2 is 2.00 bits per heavy atom. The predicted molar refractivity (Wildman–Crippen MR) is 69.6 cm³/mol. The van der Waals surface area contributed by atoms with Crippen molar-refractivity contribution in [2.45, 2.75) is 6.61 Å². The Bertz CT molecular complexity index is 607. The van der Waals surface area contributed by atoms with Crippen LogP contribution in [0.3, 0.4) is 0 Å². The SMILES string of the molecule is N#Cc1ccc(OCc2ccccc2F)cc1Br. The van der Waals surface area contributed by atoms with Gasteiger partial charge in [0.25, 0.3) is 0 Å². The maximum absolute atomic E-state index is 13.4. The van der Waals surface area contributed by atoms with E-state index in [2.05, 4.69) is 15.9 Å². The molecule has 0 saturated heterocycles. The zero-order chi connectivity index (χ0) is 13.0. The molecule has 0 amide bonds. The second-order valence-corrected chi connectivity index (χ2v) is 4.49. The fourth-order valence-electron chi connectivity index (χ4n) is 1.45. The van der Waals surface area contributed by atoms with Crippen molar-refractivity contribution < 1.29 is 9.13 Å². The van der Waals surface area contributed by atoms with E-state index in [1.807, 2.05) is 6.07 Å². The summed E-state index contributed by atoms with van der Waals surface area (Å²) in [5.41, 5.74) is 1.03. The van der Waals surface area contributed by atoms with Gasteiger partial charge in [-0.15, -0.1) is 0 Å². The second kappa shape index (κ2) is 5.65. The summed E-state index contributed by atoms with van der Waals surface area (Å²) in [5, 5.41) is 8.78. The summed E-state index contributed by atoms with van der Waals surface area (Å²) in [7, 11) is 0. The van der Waals surface area contributed by atoms with Gasteiger partial charge in [-0.2, -0.15) is 5.26 Å². The molecule has 0 fully saturated rings. The highest BCUT2D eigenvalue weighted by Crippen LogP contribution is 2.23. The van der Waals surface area contributed by atoms with Gasteiger partial charge in [0.05, 0.1) is 5.56 Å². The molecule has 0 spiro atoms. The van der Waals surface area contributed by atoms with Gasteiger partial charge < -0.3 is 4.74 Å². The average Bonchev–Trinajstić information content (AvgIpc) is 2.38. The number of nitrogens with zero attached hydrogens (tertiary/aromatic N) is 1. The molecule has 0 aliphatic carbocycles. The second-order valence-electron chi connectivity index (χ2n) is 3.63. The molecule has 2 nitrogen and oxygen atoms in total. The van der Waals surface area contributed by atoms with Crippen molar-refractivity contribution in [1.82, 2.24) is 0 Å². The van der Waals surface area contributed by atoms with Crippen LogP contribution in [0.25, 0.3) is 0 Å². The maximum atomic E-state index is 13.4. The van der Waals surface area contributed by atoms with Crippen molar-refractivity contribution in [2.75, 3.05) is 0 Å². The molecule has 0 N–H and O–H groups in total. The molecule has 0 saturated carbocycles. The van der Waals surface area contributed by atoms with Crippen LogP contribution in [0.4, 0.5) is 4.39 Å². The minimum atomic E-state index is -0.287. The third kappa shape index (κ3) is 2.88. The summed E-state index contributed by atoms with van der Waals surface area (Å²) in [5.74, 6) is 0.300. The van der Waals surface area contributed by atoms with Crippen molar-refractivity contribution in [3.05, 3.63) is 63.9 Å². The van der Waals surface area contributed by atoms with Crippen LogP contribution in [0.1, 0.15) is 11.1 Å². The first kappa shape index (κ1) is 12.6. The van der Waals surface area contributed by atoms with Crippen LogP contribution in [0.15, 0.2) is 46.9 Å². The lowest BCUT2D eigenvalue weighted by molar-refractivity contribution is 0.299. The van der Waals surface area contributed by atoms with Crippen LogP contribution in [0.5, 0.6) is 5.75 Å². The molecule has 2 rings (SSSR count). The highest BCUT2D eigenvalue weighted by molar-refractivity contribution is 9.10. The first-order valence-electron chi connectivity index (χ1n) is 5.26. The quantitative estimate of drug-likeness (QED) is 0.857. The molecule has 0 aliphatic heterocycles. The Morgan fingerprint density at radius 1 is 1.22 bits per heavy atom. The first-order chi connectivity index (χ1) is 8.70. The molecular formula is C14H9BrFNO. The molecule has 0 atom stereocenters. The van der Waals surface area contributed by atoms with E-state index in [1.54, 1.807) is 36.4 Å². The molecule has 4 heteroatoms. The molecule has 0 aliphatic rings. The van der Waals surface area contributed by atoms with Gasteiger partial charge in [0.2, 0.25) is 0 Å². The smallest absolute Gasteiger partial charge is 0.129 e. The molecule has 0 radical (unpaired) electrons. The van der Waals surface area contributed by atoms with Gasteiger partial charge in [-0.1, -0.05) is 18.2 Å². The fourth-order valence-corrected chi connectivity index (χ4v) is 1.90. The van der Waals surface area contributed by atoms with Gasteiger partial charge in [-0.05, 0) is 40.2 Å². The summed E-state index contributed by atoms with van der Waals surface area (Å²) in [4.78, 5) is 0. The Hall–Kier alpha value is -1.86. The van der Waals surface area contributed by atoms with Crippen LogP contribution in [0.2, 0.25) is 0 Å². The molecule has 0 heterocycles. The minimum Gasteiger partial charge on any atom is -0.489 e. The number of benzene rings is 2. The van der Waals surface area contributed by atoms with Crippen molar-refractivity contribution >= 4 is 15.9 Å². The largest absolute Gasteiger partial charge is 0.489 e. The van der Waals surface area contributed by atoms with Gasteiger partial charge in [0.1, 0.15) is 24.2 Å². The predicted octanol–water partition coefficient (Wildman–Crippen LogP) is 4.04. The lowest BCUT2D eigenvalue weighted by atomic mass is 10.2. The molecule has 0 unspecified atom stereocenters. The first-order valence-corrected chi connectivity index (χ1v) is 6.06. The highest BCUT2D eigenvalue weighted by Gasteiger charge is 2.04. The molecular weight excluding hydrogens is 297 g/mol. The number of ether oxygens (including phenoxy) is 1. The average molecular weight is 306 g/mol. The summed E-state index contributed by atoms with van der Waals surface area (Å²) < 4.78 is 19.5. The van der Waals surface area contributed by atoms with Crippen LogP contribution < -0.4 is 4.74 Å². The van der Waals surface area contributed by atoms with Crippen molar-refractivity contribution in [3.8, 4) is 11.8 Å². The molecule has 18 heavy (non-hydrogen) atoms. The van der Waals surface area contributed by atoms with Gasteiger partial charge in [-0.3, -0.25) is 0 Å². The van der Waals surface area contributed by atoms with E-state index in [4.69, 9.17) is 10.00 Å². The zero-order valence-electron chi connectivity index (χ0n) is 9.36. The summed E-state index contributed by atoms with van der Waals surface area (Å²) >= 11 is 3.27. The van der Waals surface area contributed by atoms with Crippen LogP contribution in [-0.2, 0) is 6.61 Å². The summed E-state index contributed by atoms with van der Waals surface area (Å²) in [6, 6.07) is 13.5.